The number of halogens is 1. The van der Waals surface area contributed by atoms with E-state index in [1.165, 1.54) is 0 Å². The van der Waals surface area contributed by atoms with E-state index in [1.54, 1.807) is 9.80 Å². The summed E-state index contributed by atoms with van der Waals surface area (Å²) in [6, 6.07) is 15.9. The van der Waals surface area contributed by atoms with Gasteiger partial charge in [0.2, 0.25) is 5.91 Å². The van der Waals surface area contributed by atoms with E-state index in [9.17, 15) is 9.59 Å². The number of H-pyrrole nitrogens is 1. The van der Waals surface area contributed by atoms with Crippen molar-refractivity contribution in [1.29, 1.82) is 0 Å². The van der Waals surface area contributed by atoms with Gasteiger partial charge in [0.05, 0.1) is 12.2 Å². The van der Waals surface area contributed by atoms with E-state index in [2.05, 4.69) is 11.1 Å². The lowest BCUT2D eigenvalue weighted by Crippen LogP contribution is -2.67. The summed E-state index contributed by atoms with van der Waals surface area (Å²) in [6.45, 7) is 5.12. The summed E-state index contributed by atoms with van der Waals surface area (Å²) < 4.78 is 0. The molecule has 2 amide bonds. The smallest absolute Gasteiger partial charge is 0.254 e. The molecular formula is C24H24ClN3O2. The number of amides is 2. The molecule has 1 fully saturated rings. The molecule has 0 unspecified atom stereocenters. The number of nitrogens with zero attached hydrogens (tertiary/aromatic N) is 2. The Labute approximate surface area is 180 Å². The highest BCUT2D eigenvalue weighted by Gasteiger charge is 2.55. The normalized spacial score (nSPS) is 23.6. The summed E-state index contributed by atoms with van der Waals surface area (Å²) >= 11 is 6.12. The highest BCUT2D eigenvalue weighted by atomic mass is 35.5. The van der Waals surface area contributed by atoms with E-state index in [1.807, 2.05) is 56.3 Å². The molecule has 5 rings (SSSR count). The Bertz CT molecular complexity index is 1150. The number of hydrogen-bond donors (Lipinski definition) is 1. The van der Waals surface area contributed by atoms with Gasteiger partial charge in [-0.1, -0.05) is 48.9 Å². The van der Waals surface area contributed by atoms with E-state index in [4.69, 9.17) is 11.6 Å². The number of fused-ring (bicyclic) bond motifs is 5. The van der Waals surface area contributed by atoms with E-state index in [-0.39, 0.29) is 24.3 Å². The fourth-order valence-electron chi connectivity index (χ4n) is 5.12. The molecule has 3 heterocycles. The Morgan fingerprint density at radius 2 is 1.87 bits per heavy atom. The van der Waals surface area contributed by atoms with Crippen LogP contribution in [-0.4, -0.2) is 46.2 Å². The van der Waals surface area contributed by atoms with Crippen molar-refractivity contribution < 1.29 is 9.59 Å². The third-order valence-electron chi connectivity index (χ3n) is 6.58. The van der Waals surface area contributed by atoms with Crippen molar-refractivity contribution in [1.82, 2.24) is 14.8 Å². The molecule has 0 radical (unpaired) electrons. The zero-order valence-corrected chi connectivity index (χ0v) is 17.9. The molecule has 154 valence electrons. The molecule has 2 aliphatic heterocycles. The van der Waals surface area contributed by atoms with Crippen LogP contribution in [0, 0.1) is 0 Å². The highest BCUT2D eigenvalue weighted by Crippen LogP contribution is 2.48. The average Bonchev–Trinajstić information content (AvgIpc) is 3.14. The van der Waals surface area contributed by atoms with Gasteiger partial charge in [0.1, 0.15) is 0 Å². The number of aromatic nitrogens is 1. The summed E-state index contributed by atoms with van der Waals surface area (Å²) in [7, 11) is 0. The van der Waals surface area contributed by atoms with Gasteiger partial charge in [-0.05, 0) is 42.7 Å². The summed E-state index contributed by atoms with van der Waals surface area (Å²) in [5.74, 6) is -0.0453. The molecule has 5 nitrogen and oxygen atoms in total. The fraction of sp³-hybridized carbons (Fsp3) is 0.333. The summed E-state index contributed by atoms with van der Waals surface area (Å²) in [6.07, 6.45) is 0.821. The van der Waals surface area contributed by atoms with Gasteiger partial charge in [-0.3, -0.25) is 9.59 Å². The second kappa shape index (κ2) is 6.88. The van der Waals surface area contributed by atoms with Crippen molar-refractivity contribution in [2.24, 2.45) is 0 Å². The zero-order chi connectivity index (χ0) is 21.0. The van der Waals surface area contributed by atoms with Crippen LogP contribution in [-0.2, 0) is 15.1 Å². The van der Waals surface area contributed by atoms with Crippen molar-refractivity contribution in [2.45, 2.75) is 31.7 Å². The first-order chi connectivity index (χ1) is 14.4. The molecule has 30 heavy (non-hydrogen) atoms. The Morgan fingerprint density at radius 1 is 1.13 bits per heavy atom. The molecule has 1 saturated heterocycles. The summed E-state index contributed by atoms with van der Waals surface area (Å²) in [4.78, 5) is 33.9. The van der Waals surface area contributed by atoms with Gasteiger partial charge in [0, 0.05) is 34.9 Å². The van der Waals surface area contributed by atoms with Gasteiger partial charge in [-0.25, -0.2) is 0 Å². The van der Waals surface area contributed by atoms with Gasteiger partial charge in [0.15, 0.2) is 5.54 Å². The number of carbonyl (C=O) groups excluding carboxylic acids is 2. The first-order valence-corrected chi connectivity index (χ1v) is 10.8. The van der Waals surface area contributed by atoms with Crippen LogP contribution < -0.4 is 0 Å². The van der Waals surface area contributed by atoms with Crippen LogP contribution in [0.1, 0.15) is 43.0 Å². The second-order valence-corrected chi connectivity index (χ2v) is 8.80. The summed E-state index contributed by atoms with van der Waals surface area (Å²) in [5.41, 5.74) is 2.98. The molecule has 0 spiro atoms. The van der Waals surface area contributed by atoms with Gasteiger partial charge in [-0.2, -0.15) is 0 Å². The number of rotatable bonds is 3. The largest absolute Gasteiger partial charge is 0.356 e. The number of carbonyl (C=O) groups is 2. The standard InChI is InChI=1S/C24H24ClN3O2/c1-3-12-27-14-20(29)28-13-18(15-8-10-16(25)11-9-15)21-17-6-4-5-7-19(17)26-22(21)24(28,2)23(27)30/h4-11,18,26H,3,12-14H2,1-2H3/t18-,24+/m0/s1. The molecule has 1 N–H and O–H groups in total. The second-order valence-electron chi connectivity index (χ2n) is 8.37. The number of nitrogens with one attached hydrogen (secondary N) is 1. The highest BCUT2D eigenvalue weighted by molar-refractivity contribution is 6.30. The molecular weight excluding hydrogens is 398 g/mol. The van der Waals surface area contributed by atoms with Crippen molar-refractivity contribution in [3.05, 3.63) is 70.4 Å². The lowest BCUT2D eigenvalue weighted by atomic mass is 9.76. The molecule has 6 heteroatoms. The van der Waals surface area contributed by atoms with E-state index >= 15 is 0 Å². The minimum Gasteiger partial charge on any atom is -0.356 e. The fourth-order valence-corrected chi connectivity index (χ4v) is 5.25. The molecule has 0 saturated carbocycles. The lowest BCUT2D eigenvalue weighted by molar-refractivity contribution is -0.166. The maximum Gasteiger partial charge on any atom is 0.254 e. The molecule has 0 bridgehead atoms. The van der Waals surface area contributed by atoms with Gasteiger partial charge in [-0.15, -0.1) is 0 Å². The molecule has 2 aromatic carbocycles. The van der Waals surface area contributed by atoms with Crippen molar-refractivity contribution in [3.8, 4) is 0 Å². The van der Waals surface area contributed by atoms with E-state index in [0.29, 0.717) is 18.1 Å². The van der Waals surface area contributed by atoms with Crippen LogP contribution in [0.15, 0.2) is 48.5 Å². The average molecular weight is 422 g/mol. The van der Waals surface area contributed by atoms with Crippen LogP contribution >= 0.6 is 11.6 Å². The lowest BCUT2D eigenvalue weighted by Gasteiger charge is -2.51. The van der Waals surface area contributed by atoms with E-state index in [0.717, 1.165) is 34.1 Å². The number of para-hydroxylation sites is 1. The van der Waals surface area contributed by atoms with Gasteiger partial charge >= 0.3 is 0 Å². The molecule has 2 atom stereocenters. The van der Waals surface area contributed by atoms with Crippen LogP contribution in [0.3, 0.4) is 0 Å². The third-order valence-corrected chi connectivity index (χ3v) is 6.84. The number of benzene rings is 2. The predicted molar refractivity (Wildman–Crippen MR) is 118 cm³/mol. The molecule has 3 aromatic rings. The van der Waals surface area contributed by atoms with Crippen molar-refractivity contribution in [3.63, 3.8) is 0 Å². The minimum atomic E-state index is -1.03. The first kappa shape index (κ1) is 19.2. The minimum absolute atomic E-state index is 0.00572. The maximum atomic E-state index is 13.6. The topological polar surface area (TPSA) is 56.4 Å². The predicted octanol–water partition coefficient (Wildman–Crippen LogP) is 4.26. The zero-order valence-electron chi connectivity index (χ0n) is 17.1. The molecule has 1 aromatic heterocycles. The first-order valence-electron chi connectivity index (χ1n) is 10.4. The van der Waals surface area contributed by atoms with Gasteiger partial charge in [0.25, 0.3) is 5.91 Å². The Morgan fingerprint density at radius 3 is 2.60 bits per heavy atom. The van der Waals surface area contributed by atoms with Crippen LogP contribution in [0.5, 0.6) is 0 Å². The number of piperazine rings is 1. The van der Waals surface area contributed by atoms with Crippen LogP contribution in [0.2, 0.25) is 5.02 Å². The quantitative estimate of drug-likeness (QED) is 0.686. The van der Waals surface area contributed by atoms with E-state index < -0.39 is 5.54 Å². The van der Waals surface area contributed by atoms with Crippen molar-refractivity contribution in [2.75, 3.05) is 19.6 Å². The molecule has 0 aliphatic carbocycles. The third kappa shape index (κ3) is 2.61. The Kier molecular flexibility index (Phi) is 4.40. The number of hydrogen-bond acceptors (Lipinski definition) is 2. The molecule has 2 aliphatic rings. The maximum absolute atomic E-state index is 13.6. The Hall–Kier alpha value is -2.79. The SMILES string of the molecule is CCCN1CC(=O)N2C[C@@H](c3ccc(Cl)cc3)c3c([nH]c4ccccc34)[C@]2(C)C1=O. The van der Waals surface area contributed by atoms with Crippen LogP contribution in [0.25, 0.3) is 10.9 Å². The summed E-state index contributed by atoms with van der Waals surface area (Å²) in [5, 5.41) is 1.78. The van der Waals surface area contributed by atoms with Crippen LogP contribution in [0.4, 0.5) is 0 Å². The van der Waals surface area contributed by atoms with Crippen molar-refractivity contribution >= 4 is 34.3 Å². The van der Waals surface area contributed by atoms with Gasteiger partial charge < -0.3 is 14.8 Å². The monoisotopic (exact) mass is 421 g/mol. The number of aromatic amines is 1. The Balaban J connectivity index is 1.76.